The molecule has 3 unspecified atom stereocenters. The highest BCUT2D eigenvalue weighted by Gasteiger charge is 2.47. The molecule has 5 N–H and O–H groups in total. The summed E-state index contributed by atoms with van der Waals surface area (Å²) in [5.41, 5.74) is 14.8. The fourth-order valence-corrected chi connectivity index (χ4v) is 4.41. The molecule has 1 aromatic rings. The second-order valence-corrected chi connectivity index (χ2v) is 7.63. The summed E-state index contributed by atoms with van der Waals surface area (Å²) in [7, 11) is 0. The van der Waals surface area contributed by atoms with Crippen molar-refractivity contribution in [1.29, 1.82) is 0 Å². The van der Waals surface area contributed by atoms with Crippen molar-refractivity contribution in [2.24, 2.45) is 11.1 Å². The van der Waals surface area contributed by atoms with Gasteiger partial charge in [-0.15, -0.1) is 0 Å². The third-order valence-corrected chi connectivity index (χ3v) is 5.97. The number of hydrogen-bond donors (Lipinski definition) is 2. The van der Waals surface area contributed by atoms with Crippen LogP contribution in [0.1, 0.15) is 25.8 Å². The van der Waals surface area contributed by atoms with Gasteiger partial charge in [-0.3, -0.25) is 0 Å². The Bertz CT molecular complexity index is 858. The fourth-order valence-electron chi connectivity index (χ4n) is 4.41. The van der Waals surface area contributed by atoms with E-state index in [0.29, 0.717) is 6.04 Å². The topological polar surface area (TPSA) is 56.9 Å². The van der Waals surface area contributed by atoms with Crippen molar-refractivity contribution in [3.63, 3.8) is 0 Å². The number of para-hydroxylation sites is 1. The maximum Gasteiger partial charge on any atom is 0.111 e. The standard InChI is InChI=1S/C22H25N3/c1-21(19(24)15-23)12-7-8-16(14-21)25-18-10-4-3-9-17(18)22(2)13-6-5-11-20(22)25/h3-13,15,20H,14,23-24H2,1-2H3/p+1. The Morgan fingerprint density at radius 1 is 1.20 bits per heavy atom. The van der Waals surface area contributed by atoms with Crippen LogP contribution in [0.4, 0.5) is 5.69 Å². The molecule has 0 saturated carbocycles. The molecule has 3 nitrogen and oxygen atoms in total. The van der Waals surface area contributed by atoms with E-state index in [1.54, 1.807) is 6.20 Å². The summed E-state index contributed by atoms with van der Waals surface area (Å²) < 4.78 is 0. The van der Waals surface area contributed by atoms with E-state index in [-0.39, 0.29) is 10.8 Å². The van der Waals surface area contributed by atoms with Crippen molar-refractivity contribution in [3.05, 3.63) is 90.0 Å². The van der Waals surface area contributed by atoms with Crippen LogP contribution in [0.3, 0.4) is 0 Å². The Morgan fingerprint density at radius 3 is 2.80 bits per heavy atom. The van der Waals surface area contributed by atoms with Crippen LogP contribution < -0.4 is 16.4 Å². The quantitative estimate of drug-likeness (QED) is 0.874. The maximum absolute atomic E-state index is 6.27. The predicted octanol–water partition coefficient (Wildman–Crippen LogP) is 3.15. The highest BCUT2D eigenvalue weighted by molar-refractivity contribution is 5.72. The predicted molar refractivity (Wildman–Crippen MR) is 103 cm³/mol. The number of fused-ring (bicyclic) bond motifs is 3. The highest BCUT2D eigenvalue weighted by Crippen LogP contribution is 2.51. The van der Waals surface area contributed by atoms with Crippen LogP contribution in [-0.2, 0) is 5.41 Å². The van der Waals surface area contributed by atoms with Gasteiger partial charge in [0, 0.05) is 28.6 Å². The van der Waals surface area contributed by atoms with Gasteiger partial charge in [0.05, 0.1) is 11.7 Å². The minimum atomic E-state index is -0.187. The average Bonchev–Trinajstić information content (AvgIpc) is 2.90. The van der Waals surface area contributed by atoms with Crippen LogP contribution in [0.25, 0.3) is 0 Å². The van der Waals surface area contributed by atoms with Gasteiger partial charge in [0.25, 0.3) is 0 Å². The molecule has 1 aromatic carbocycles. The molecular formula is C22H26N3+. The van der Waals surface area contributed by atoms with Gasteiger partial charge in [0.2, 0.25) is 0 Å². The van der Waals surface area contributed by atoms with Crippen molar-refractivity contribution in [2.75, 3.05) is 4.90 Å². The molecule has 0 aromatic heterocycles. The van der Waals surface area contributed by atoms with Gasteiger partial charge in [-0.25, -0.2) is 0 Å². The molecule has 0 bridgehead atoms. The smallest absolute Gasteiger partial charge is 0.111 e. The molecule has 3 heteroatoms. The molecule has 25 heavy (non-hydrogen) atoms. The van der Waals surface area contributed by atoms with E-state index in [1.165, 1.54) is 16.9 Å². The van der Waals surface area contributed by atoms with E-state index >= 15 is 0 Å². The van der Waals surface area contributed by atoms with Crippen LogP contribution in [0, 0.1) is 5.41 Å². The SMILES string of the molecule is CC1(C(N)=C[NH3+])C=CC=C(N2c3ccccc3C3(C)C=CC=CC23)C1. The lowest BCUT2D eigenvalue weighted by molar-refractivity contribution is -0.277. The lowest BCUT2D eigenvalue weighted by atomic mass is 9.75. The maximum atomic E-state index is 6.27. The zero-order valence-electron chi connectivity index (χ0n) is 14.9. The Balaban J connectivity index is 1.81. The summed E-state index contributed by atoms with van der Waals surface area (Å²) in [4.78, 5) is 2.49. The number of benzene rings is 1. The number of hydrogen-bond acceptors (Lipinski definition) is 2. The molecule has 0 spiro atoms. The van der Waals surface area contributed by atoms with Crippen LogP contribution >= 0.6 is 0 Å². The van der Waals surface area contributed by atoms with E-state index in [4.69, 9.17) is 5.73 Å². The van der Waals surface area contributed by atoms with Gasteiger partial charge in [0.1, 0.15) is 6.20 Å². The summed E-state index contributed by atoms with van der Waals surface area (Å²) >= 11 is 0. The molecule has 0 saturated heterocycles. The molecule has 1 heterocycles. The first-order valence-corrected chi connectivity index (χ1v) is 8.88. The zero-order valence-corrected chi connectivity index (χ0v) is 14.9. The molecule has 3 atom stereocenters. The van der Waals surface area contributed by atoms with E-state index < -0.39 is 0 Å². The van der Waals surface area contributed by atoms with Crippen molar-refractivity contribution in [1.82, 2.24) is 0 Å². The van der Waals surface area contributed by atoms with E-state index in [2.05, 4.69) is 91.3 Å². The second-order valence-electron chi connectivity index (χ2n) is 7.63. The Kier molecular flexibility index (Phi) is 3.51. The molecule has 4 rings (SSSR count). The van der Waals surface area contributed by atoms with Crippen LogP contribution in [0.5, 0.6) is 0 Å². The average molecular weight is 332 g/mol. The monoisotopic (exact) mass is 332 g/mol. The molecule has 3 aliphatic rings. The molecule has 2 aliphatic carbocycles. The van der Waals surface area contributed by atoms with Crippen molar-refractivity contribution < 1.29 is 5.73 Å². The van der Waals surface area contributed by atoms with Gasteiger partial charge in [-0.1, -0.05) is 54.7 Å². The van der Waals surface area contributed by atoms with Gasteiger partial charge in [-0.05, 0) is 31.6 Å². The number of rotatable bonds is 2. The summed E-state index contributed by atoms with van der Waals surface area (Å²) in [5, 5.41) is 0. The Labute approximate surface area is 149 Å². The number of allylic oxidation sites excluding steroid dienone is 6. The molecule has 1 aliphatic heterocycles. The summed E-state index contributed by atoms with van der Waals surface area (Å²) in [6, 6.07) is 9.05. The number of anilines is 1. The molecule has 0 fully saturated rings. The third kappa shape index (κ3) is 2.23. The summed E-state index contributed by atoms with van der Waals surface area (Å²) in [6.45, 7) is 4.52. The van der Waals surface area contributed by atoms with Crippen molar-refractivity contribution in [3.8, 4) is 0 Å². The lowest BCUT2D eigenvalue weighted by Gasteiger charge is -2.39. The largest absolute Gasteiger partial charge is 0.397 e. The first kappa shape index (κ1) is 16.0. The van der Waals surface area contributed by atoms with Gasteiger partial charge in [-0.2, -0.15) is 0 Å². The fraction of sp³-hybridized carbons (Fsp3) is 0.273. The highest BCUT2D eigenvalue weighted by atomic mass is 15.2. The molecule has 0 amide bonds. The zero-order chi connectivity index (χ0) is 17.7. The number of nitrogens with two attached hydrogens (primary N) is 1. The summed E-state index contributed by atoms with van der Waals surface area (Å²) in [5.74, 6) is 0. The van der Waals surface area contributed by atoms with E-state index in [1.807, 2.05) is 0 Å². The minimum absolute atomic E-state index is 0.00254. The summed E-state index contributed by atoms with van der Waals surface area (Å²) in [6.07, 6.45) is 18.2. The second kappa shape index (κ2) is 5.50. The lowest BCUT2D eigenvalue weighted by Crippen LogP contribution is -2.45. The molecular weight excluding hydrogens is 306 g/mol. The van der Waals surface area contributed by atoms with E-state index in [0.717, 1.165) is 12.1 Å². The Hall–Kier alpha value is -2.52. The number of quaternary nitrogens is 1. The van der Waals surface area contributed by atoms with Crippen molar-refractivity contribution >= 4 is 5.69 Å². The first-order chi connectivity index (χ1) is 12.0. The van der Waals surface area contributed by atoms with Crippen LogP contribution in [0.2, 0.25) is 0 Å². The van der Waals surface area contributed by atoms with Gasteiger partial charge < -0.3 is 16.4 Å². The Morgan fingerprint density at radius 2 is 2.00 bits per heavy atom. The van der Waals surface area contributed by atoms with Gasteiger partial charge in [0.15, 0.2) is 0 Å². The number of nitrogens with zero attached hydrogens (tertiary/aromatic N) is 1. The normalized spacial score (nSPS) is 33.2. The van der Waals surface area contributed by atoms with Gasteiger partial charge >= 0.3 is 0 Å². The minimum Gasteiger partial charge on any atom is -0.397 e. The van der Waals surface area contributed by atoms with Crippen LogP contribution in [-0.4, -0.2) is 6.04 Å². The van der Waals surface area contributed by atoms with E-state index in [9.17, 15) is 0 Å². The third-order valence-electron chi connectivity index (χ3n) is 5.97. The van der Waals surface area contributed by atoms with Crippen molar-refractivity contribution in [2.45, 2.75) is 31.7 Å². The molecule has 0 radical (unpaired) electrons. The van der Waals surface area contributed by atoms with Crippen LogP contribution in [0.15, 0.2) is 84.4 Å². The molecule has 128 valence electrons. The first-order valence-electron chi connectivity index (χ1n) is 8.88.